The lowest BCUT2D eigenvalue weighted by Crippen LogP contribution is -2.32. The van der Waals surface area contributed by atoms with Gasteiger partial charge < -0.3 is 20.1 Å². The molecule has 0 aliphatic carbocycles. The minimum atomic E-state index is 0.144. The maximum atomic E-state index is 5.73. The summed E-state index contributed by atoms with van der Waals surface area (Å²) in [6.45, 7) is 7.36. The Bertz CT molecular complexity index is 1030. The number of aryl methyl sites for hydroxylation is 2. The Morgan fingerprint density at radius 2 is 1.91 bits per heavy atom. The summed E-state index contributed by atoms with van der Waals surface area (Å²) in [6, 6.07) is 16.1. The highest BCUT2D eigenvalue weighted by atomic mass is 16.5. The highest BCUT2D eigenvalue weighted by Gasteiger charge is 2.06. The standard InChI is InChI=1S/C25H33N5O2/c1-18(2)32-23-9-7-21(8-10-23)29-25(27-17-22-13-15-28-30(22)4)26-14-12-20-16-19(3)6-11-24(20)31-5/h6-11,13,15-16,18H,12,14,17H2,1-5H3,(H2,26,27,29). The number of guanidine groups is 1. The average molecular weight is 436 g/mol. The molecule has 0 amide bonds. The van der Waals surface area contributed by atoms with Crippen LogP contribution in [0.3, 0.4) is 0 Å². The van der Waals surface area contributed by atoms with Crippen molar-refractivity contribution in [1.29, 1.82) is 0 Å². The van der Waals surface area contributed by atoms with Crippen LogP contribution in [0, 0.1) is 6.92 Å². The van der Waals surface area contributed by atoms with Crippen molar-refractivity contribution in [3.8, 4) is 11.5 Å². The Morgan fingerprint density at radius 1 is 1.12 bits per heavy atom. The SMILES string of the molecule is COc1ccc(C)cc1CCNC(=NCc1ccnn1C)Nc1ccc(OC(C)C)cc1. The van der Waals surface area contributed by atoms with Crippen molar-refractivity contribution in [1.82, 2.24) is 15.1 Å². The number of nitrogens with one attached hydrogen (secondary N) is 2. The third-order valence-electron chi connectivity index (χ3n) is 4.93. The van der Waals surface area contributed by atoms with Gasteiger partial charge in [-0.2, -0.15) is 5.10 Å². The molecule has 0 saturated heterocycles. The van der Waals surface area contributed by atoms with Crippen LogP contribution in [-0.4, -0.2) is 35.5 Å². The fraction of sp³-hybridized carbons (Fsp3) is 0.360. The normalized spacial score (nSPS) is 11.5. The summed E-state index contributed by atoms with van der Waals surface area (Å²) < 4.78 is 13.1. The van der Waals surface area contributed by atoms with Gasteiger partial charge in [0.25, 0.3) is 0 Å². The maximum Gasteiger partial charge on any atom is 0.196 e. The predicted molar refractivity (Wildman–Crippen MR) is 130 cm³/mol. The number of hydrogen-bond donors (Lipinski definition) is 2. The molecule has 0 spiro atoms. The fourth-order valence-corrected chi connectivity index (χ4v) is 3.30. The molecule has 1 heterocycles. The number of nitrogens with zero attached hydrogens (tertiary/aromatic N) is 3. The second kappa shape index (κ2) is 11.2. The molecule has 170 valence electrons. The van der Waals surface area contributed by atoms with Gasteiger partial charge in [-0.3, -0.25) is 4.68 Å². The van der Waals surface area contributed by atoms with Gasteiger partial charge in [-0.15, -0.1) is 0 Å². The van der Waals surface area contributed by atoms with E-state index in [-0.39, 0.29) is 6.10 Å². The van der Waals surface area contributed by atoms with Crippen LogP contribution in [0.2, 0.25) is 0 Å². The molecule has 3 rings (SSSR count). The second-order valence-electron chi connectivity index (χ2n) is 7.92. The summed E-state index contributed by atoms with van der Waals surface area (Å²) in [7, 11) is 3.62. The third kappa shape index (κ3) is 6.77. The summed E-state index contributed by atoms with van der Waals surface area (Å²) in [4.78, 5) is 4.76. The van der Waals surface area contributed by atoms with Crippen LogP contribution in [0.25, 0.3) is 0 Å². The van der Waals surface area contributed by atoms with Crippen molar-refractivity contribution in [3.63, 3.8) is 0 Å². The number of aromatic nitrogens is 2. The first kappa shape index (κ1) is 23.2. The monoisotopic (exact) mass is 435 g/mol. The third-order valence-corrected chi connectivity index (χ3v) is 4.93. The Morgan fingerprint density at radius 3 is 2.56 bits per heavy atom. The molecule has 0 fully saturated rings. The Balaban J connectivity index is 1.69. The summed E-state index contributed by atoms with van der Waals surface area (Å²) in [5.41, 5.74) is 4.35. The van der Waals surface area contributed by atoms with Gasteiger partial charge in [-0.1, -0.05) is 17.7 Å². The molecule has 2 aromatic carbocycles. The van der Waals surface area contributed by atoms with Gasteiger partial charge >= 0.3 is 0 Å². The molecule has 7 heteroatoms. The van der Waals surface area contributed by atoms with Crippen molar-refractivity contribution in [2.24, 2.45) is 12.0 Å². The minimum absolute atomic E-state index is 0.144. The summed E-state index contributed by atoms with van der Waals surface area (Å²) in [6.07, 6.45) is 2.74. The zero-order chi connectivity index (χ0) is 22.9. The van der Waals surface area contributed by atoms with Gasteiger partial charge in [0, 0.05) is 25.5 Å². The van der Waals surface area contributed by atoms with Crippen LogP contribution in [0.1, 0.15) is 30.7 Å². The topological polar surface area (TPSA) is 72.7 Å². The van der Waals surface area contributed by atoms with Gasteiger partial charge in [0.15, 0.2) is 5.96 Å². The molecule has 0 atom stereocenters. The molecule has 0 unspecified atom stereocenters. The van der Waals surface area contributed by atoms with Gasteiger partial charge in [0.1, 0.15) is 11.5 Å². The van der Waals surface area contributed by atoms with E-state index in [1.54, 1.807) is 13.3 Å². The molecule has 0 bridgehead atoms. The molecule has 0 aliphatic rings. The fourth-order valence-electron chi connectivity index (χ4n) is 3.30. The lowest BCUT2D eigenvalue weighted by Gasteiger charge is -2.15. The molecule has 0 saturated carbocycles. The number of benzene rings is 2. The molecule has 0 aliphatic heterocycles. The summed E-state index contributed by atoms with van der Waals surface area (Å²) in [5, 5.41) is 11.0. The summed E-state index contributed by atoms with van der Waals surface area (Å²) in [5.74, 6) is 2.45. The van der Waals surface area contributed by atoms with Crippen LogP contribution in [-0.2, 0) is 20.0 Å². The number of hydrogen-bond acceptors (Lipinski definition) is 4. The minimum Gasteiger partial charge on any atom is -0.496 e. The van der Waals surface area contributed by atoms with E-state index in [0.717, 1.165) is 29.3 Å². The van der Waals surface area contributed by atoms with E-state index in [2.05, 4.69) is 34.8 Å². The van der Waals surface area contributed by atoms with Crippen molar-refractivity contribution in [2.45, 2.75) is 39.8 Å². The van der Waals surface area contributed by atoms with Gasteiger partial charge in [-0.05, 0) is 69.2 Å². The number of rotatable bonds is 9. The van der Waals surface area contributed by atoms with Crippen LogP contribution in [0.5, 0.6) is 11.5 Å². The van der Waals surface area contributed by atoms with E-state index in [0.29, 0.717) is 19.0 Å². The number of anilines is 1. The van der Waals surface area contributed by atoms with E-state index in [9.17, 15) is 0 Å². The van der Waals surface area contributed by atoms with E-state index >= 15 is 0 Å². The van der Waals surface area contributed by atoms with Gasteiger partial charge in [0.05, 0.1) is 25.5 Å². The van der Waals surface area contributed by atoms with E-state index in [1.165, 1.54) is 11.1 Å². The first-order valence-electron chi connectivity index (χ1n) is 10.9. The number of methoxy groups -OCH3 is 1. The van der Waals surface area contributed by atoms with Crippen LogP contribution < -0.4 is 20.1 Å². The molecular formula is C25H33N5O2. The first-order chi connectivity index (χ1) is 15.4. The van der Waals surface area contributed by atoms with E-state index < -0.39 is 0 Å². The van der Waals surface area contributed by atoms with Crippen LogP contribution >= 0.6 is 0 Å². The molecule has 7 nitrogen and oxygen atoms in total. The highest BCUT2D eigenvalue weighted by molar-refractivity contribution is 5.93. The summed E-state index contributed by atoms with van der Waals surface area (Å²) >= 11 is 0. The van der Waals surface area contributed by atoms with Gasteiger partial charge in [0.2, 0.25) is 0 Å². The Kier molecular flexibility index (Phi) is 8.14. The molecule has 32 heavy (non-hydrogen) atoms. The lowest BCUT2D eigenvalue weighted by molar-refractivity contribution is 0.242. The first-order valence-corrected chi connectivity index (χ1v) is 10.9. The van der Waals surface area contributed by atoms with Crippen molar-refractivity contribution >= 4 is 11.6 Å². The molecule has 1 aromatic heterocycles. The van der Waals surface area contributed by atoms with E-state index in [1.807, 2.05) is 62.0 Å². The van der Waals surface area contributed by atoms with Crippen molar-refractivity contribution < 1.29 is 9.47 Å². The number of ether oxygens (including phenoxy) is 2. The van der Waals surface area contributed by atoms with Crippen molar-refractivity contribution in [3.05, 3.63) is 71.5 Å². The quantitative estimate of drug-likeness (QED) is 0.387. The molecule has 2 N–H and O–H groups in total. The molecule has 0 radical (unpaired) electrons. The smallest absolute Gasteiger partial charge is 0.196 e. The lowest BCUT2D eigenvalue weighted by atomic mass is 10.1. The molecular weight excluding hydrogens is 402 g/mol. The van der Waals surface area contributed by atoms with Crippen molar-refractivity contribution in [2.75, 3.05) is 19.0 Å². The largest absolute Gasteiger partial charge is 0.496 e. The van der Waals surface area contributed by atoms with E-state index in [4.69, 9.17) is 14.5 Å². The number of aliphatic imine (C=N–C) groups is 1. The van der Waals surface area contributed by atoms with Crippen LogP contribution in [0.4, 0.5) is 5.69 Å². The second-order valence-corrected chi connectivity index (χ2v) is 7.92. The highest BCUT2D eigenvalue weighted by Crippen LogP contribution is 2.20. The van der Waals surface area contributed by atoms with Gasteiger partial charge in [-0.25, -0.2) is 4.99 Å². The Hall–Kier alpha value is -3.48. The zero-order valence-corrected chi connectivity index (χ0v) is 19.6. The van der Waals surface area contributed by atoms with Crippen LogP contribution in [0.15, 0.2) is 59.7 Å². The zero-order valence-electron chi connectivity index (χ0n) is 19.6. The predicted octanol–water partition coefficient (Wildman–Crippen LogP) is 4.32. The molecule has 3 aromatic rings. The average Bonchev–Trinajstić information content (AvgIpc) is 3.17. The Labute approximate surface area is 190 Å². The maximum absolute atomic E-state index is 5.73.